The first kappa shape index (κ1) is 12.5. The topological polar surface area (TPSA) is 38.9 Å². The molecule has 0 radical (unpaired) electrons. The molecule has 16 heavy (non-hydrogen) atoms. The Balaban J connectivity index is 2.20. The summed E-state index contributed by atoms with van der Waals surface area (Å²) in [6, 6.07) is 6.25. The number of rotatable bonds is 3. The van der Waals surface area contributed by atoms with E-state index in [9.17, 15) is 0 Å². The number of benzene rings is 1. The van der Waals surface area contributed by atoms with Gasteiger partial charge in [-0.05, 0) is 46.4 Å². The molecule has 5 heteroatoms. The van der Waals surface area contributed by atoms with Crippen LogP contribution in [0.15, 0.2) is 34.4 Å². The van der Waals surface area contributed by atoms with Gasteiger partial charge in [-0.3, -0.25) is 4.98 Å². The van der Waals surface area contributed by atoms with Crippen molar-refractivity contribution in [2.75, 3.05) is 0 Å². The van der Waals surface area contributed by atoms with E-state index in [0.717, 1.165) is 16.5 Å². The standard InChI is InChI=1S/C11H10BrIN2S/c12-10-2-1-7(13)3-9(10)11(14)4-8-5-15-6-16-8/h1-3,5-6,11H,4,14H2. The van der Waals surface area contributed by atoms with E-state index in [2.05, 4.69) is 55.6 Å². The summed E-state index contributed by atoms with van der Waals surface area (Å²) in [5, 5.41) is 0. The van der Waals surface area contributed by atoms with Crippen molar-refractivity contribution >= 4 is 49.9 Å². The Labute approximate surface area is 121 Å². The molecule has 0 amide bonds. The minimum atomic E-state index is 0.0181. The van der Waals surface area contributed by atoms with Gasteiger partial charge in [0.2, 0.25) is 0 Å². The van der Waals surface area contributed by atoms with E-state index in [0.29, 0.717) is 0 Å². The van der Waals surface area contributed by atoms with E-state index in [1.165, 1.54) is 8.45 Å². The molecule has 0 aliphatic heterocycles. The number of hydrogen-bond donors (Lipinski definition) is 1. The summed E-state index contributed by atoms with van der Waals surface area (Å²) in [6.45, 7) is 0. The molecule has 0 bridgehead atoms. The molecular formula is C11H10BrIN2S. The number of thiazole rings is 1. The second-order valence-electron chi connectivity index (χ2n) is 3.44. The minimum Gasteiger partial charge on any atom is -0.324 e. The Morgan fingerprint density at radius 3 is 3.00 bits per heavy atom. The van der Waals surface area contributed by atoms with Crippen LogP contribution < -0.4 is 5.73 Å². The van der Waals surface area contributed by atoms with E-state index in [1.807, 2.05) is 17.8 Å². The number of nitrogens with zero attached hydrogens (tertiary/aromatic N) is 1. The van der Waals surface area contributed by atoms with E-state index >= 15 is 0 Å². The van der Waals surface area contributed by atoms with Crippen molar-refractivity contribution in [1.29, 1.82) is 0 Å². The van der Waals surface area contributed by atoms with Gasteiger partial charge in [0.15, 0.2) is 0 Å². The molecule has 0 fully saturated rings. The van der Waals surface area contributed by atoms with Crippen molar-refractivity contribution < 1.29 is 0 Å². The molecule has 1 unspecified atom stereocenters. The number of halogens is 2. The predicted molar refractivity (Wildman–Crippen MR) is 79.6 cm³/mol. The SMILES string of the molecule is NC(Cc1cncs1)c1cc(I)ccc1Br. The zero-order chi connectivity index (χ0) is 11.5. The fourth-order valence-corrected chi connectivity index (χ4v) is 3.18. The van der Waals surface area contributed by atoms with E-state index < -0.39 is 0 Å². The van der Waals surface area contributed by atoms with Crippen LogP contribution in [0.2, 0.25) is 0 Å². The van der Waals surface area contributed by atoms with Crippen LogP contribution in [0.3, 0.4) is 0 Å². The van der Waals surface area contributed by atoms with Crippen LogP contribution in [0.5, 0.6) is 0 Å². The zero-order valence-electron chi connectivity index (χ0n) is 8.36. The maximum Gasteiger partial charge on any atom is 0.0794 e. The Morgan fingerprint density at radius 2 is 2.31 bits per heavy atom. The van der Waals surface area contributed by atoms with Crippen molar-refractivity contribution in [2.24, 2.45) is 5.73 Å². The summed E-state index contributed by atoms with van der Waals surface area (Å²) in [7, 11) is 0. The lowest BCUT2D eigenvalue weighted by molar-refractivity contribution is 0.725. The molecule has 1 heterocycles. The maximum absolute atomic E-state index is 6.20. The Kier molecular flexibility index (Phi) is 4.34. The molecule has 2 aromatic rings. The van der Waals surface area contributed by atoms with Gasteiger partial charge in [0.25, 0.3) is 0 Å². The van der Waals surface area contributed by atoms with Crippen LogP contribution in [0.1, 0.15) is 16.5 Å². The minimum absolute atomic E-state index is 0.0181. The maximum atomic E-state index is 6.20. The van der Waals surface area contributed by atoms with Crippen molar-refractivity contribution in [3.05, 3.63) is 48.4 Å². The molecule has 0 aliphatic carbocycles. The van der Waals surface area contributed by atoms with Gasteiger partial charge in [-0.15, -0.1) is 11.3 Å². The zero-order valence-corrected chi connectivity index (χ0v) is 12.9. The van der Waals surface area contributed by atoms with Crippen molar-refractivity contribution in [3.63, 3.8) is 0 Å². The average Bonchev–Trinajstić information content (AvgIpc) is 2.74. The Bertz CT molecular complexity index is 473. The van der Waals surface area contributed by atoms with Crippen molar-refractivity contribution in [2.45, 2.75) is 12.5 Å². The van der Waals surface area contributed by atoms with Gasteiger partial charge < -0.3 is 5.73 Å². The fourth-order valence-electron chi connectivity index (χ4n) is 1.47. The first-order valence-corrected chi connectivity index (χ1v) is 7.50. The summed E-state index contributed by atoms with van der Waals surface area (Å²) in [5.41, 5.74) is 9.19. The van der Waals surface area contributed by atoms with Gasteiger partial charge in [0.1, 0.15) is 0 Å². The van der Waals surface area contributed by atoms with Gasteiger partial charge in [-0.2, -0.15) is 0 Å². The molecule has 1 aromatic heterocycles. The predicted octanol–water partition coefficient (Wildman–Crippen LogP) is 3.75. The van der Waals surface area contributed by atoms with Crippen LogP contribution >= 0.6 is 49.9 Å². The smallest absolute Gasteiger partial charge is 0.0794 e. The third-order valence-corrected chi connectivity index (χ3v) is 4.46. The van der Waals surface area contributed by atoms with Gasteiger partial charge >= 0.3 is 0 Å². The monoisotopic (exact) mass is 408 g/mol. The molecule has 0 spiro atoms. The average molecular weight is 409 g/mol. The van der Waals surface area contributed by atoms with Crippen LogP contribution in [-0.2, 0) is 6.42 Å². The van der Waals surface area contributed by atoms with E-state index in [1.54, 1.807) is 11.3 Å². The third-order valence-electron chi connectivity index (χ3n) is 2.26. The van der Waals surface area contributed by atoms with Gasteiger partial charge in [-0.25, -0.2) is 0 Å². The second kappa shape index (κ2) is 5.57. The highest BCUT2D eigenvalue weighted by Crippen LogP contribution is 2.27. The highest BCUT2D eigenvalue weighted by atomic mass is 127. The normalized spacial score (nSPS) is 12.7. The van der Waals surface area contributed by atoms with Crippen molar-refractivity contribution in [3.8, 4) is 0 Å². The molecule has 84 valence electrons. The molecule has 2 nitrogen and oxygen atoms in total. The van der Waals surface area contributed by atoms with Crippen LogP contribution in [0, 0.1) is 3.57 Å². The quantitative estimate of drug-likeness (QED) is 0.785. The Morgan fingerprint density at radius 1 is 1.50 bits per heavy atom. The second-order valence-corrected chi connectivity index (χ2v) is 6.52. The van der Waals surface area contributed by atoms with Crippen molar-refractivity contribution in [1.82, 2.24) is 4.98 Å². The van der Waals surface area contributed by atoms with Gasteiger partial charge in [0, 0.05) is 31.6 Å². The largest absolute Gasteiger partial charge is 0.324 e. The van der Waals surface area contributed by atoms with E-state index in [-0.39, 0.29) is 6.04 Å². The lowest BCUT2D eigenvalue weighted by Gasteiger charge is -2.13. The summed E-state index contributed by atoms with van der Waals surface area (Å²) < 4.78 is 2.28. The highest BCUT2D eigenvalue weighted by Gasteiger charge is 2.11. The first-order chi connectivity index (χ1) is 7.66. The summed E-state index contributed by atoms with van der Waals surface area (Å²) in [4.78, 5) is 5.28. The fraction of sp³-hybridized carbons (Fsp3) is 0.182. The summed E-state index contributed by atoms with van der Waals surface area (Å²) in [6.07, 6.45) is 2.72. The van der Waals surface area contributed by atoms with E-state index in [4.69, 9.17) is 5.73 Å². The Hall–Kier alpha value is 0.0200. The van der Waals surface area contributed by atoms with Crippen LogP contribution in [-0.4, -0.2) is 4.98 Å². The van der Waals surface area contributed by atoms with Gasteiger partial charge in [0.05, 0.1) is 5.51 Å². The molecule has 1 aromatic carbocycles. The highest BCUT2D eigenvalue weighted by molar-refractivity contribution is 14.1. The summed E-state index contributed by atoms with van der Waals surface area (Å²) >= 11 is 7.49. The lowest BCUT2D eigenvalue weighted by atomic mass is 10.0. The lowest BCUT2D eigenvalue weighted by Crippen LogP contribution is -2.13. The molecule has 0 saturated carbocycles. The molecule has 2 rings (SSSR count). The third kappa shape index (κ3) is 3.03. The number of hydrogen-bond acceptors (Lipinski definition) is 3. The molecule has 2 N–H and O–H groups in total. The van der Waals surface area contributed by atoms with Gasteiger partial charge in [-0.1, -0.05) is 15.9 Å². The molecule has 0 saturated heterocycles. The summed E-state index contributed by atoms with van der Waals surface area (Å²) in [5.74, 6) is 0. The molecule has 1 atom stereocenters. The molecular weight excluding hydrogens is 399 g/mol. The first-order valence-electron chi connectivity index (χ1n) is 4.74. The number of nitrogens with two attached hydrogens (primary N) is 1. The van der Waals surface area contributed by atoms with Crippen LogP contribution in [0.25, 0.3) is 0 Å². The van der Waals surface area contributed by atoms with Crippen LogP contribution in [0.4, 0.5) is 0 Å². The number of aromatic nitrogens is 1. The molecule has 0 aliphatic rings.